The minimum Gasteiger partial charge on any atom is -0.394 e. The fraction of sp³-hybridized carbons (Fsp3) is 0.889. The first-order valence-electron chi connectivity index (χ1n) is 4.95. The zero-order valence-electron chi connectivity index (χ0n) is 8.50. The van der Waals surface area contributed by atoms with Crippen LogP contribution in [0, 0.1) is 0 Å². The predicted octanol–water partition coefficient (Wildman–Crippen LogP) is -2.40. The zero-order chi connectivity index (χ0) is 11.3. The number of hydrogen-bond acceptors (Lipinski definition) is 6. The van der Waals surface area contributed by atoms with E-state index < -0.39 is 24.6 Å². The van der Waals surface area contributed by atoms with Gasteiger partial charge in [0, 0.05) is 13.1 Å². The van der Waals surface area contributed by atoms with Crippen molar-refractivity contribution in [2.75, 3.05) is 39.5 Å². The third-order valence-electron chi connectivity index (χ3n) is 2.36. The molecule has 3 N–H and O–H groups in total. The van der Waals surface area contributed by atoms with Crippen molar-refractivity contribution < 1.29 is 24.9 Å². The standard InChI is InChI=1S/C9H17NO5/c11-6-8(13)9(14)7(12)5-10-1-3-15-4-2-10/h8-9,11,13-14H,1-6H2/t8-,9+/m1/s1. The molecule has 2 atom stereocenters. The Morgan fingerprint density at radius 2 is 1.93 bits per heavy atom. The van der Waals surface area contributed by atoms with Gasteiger partial charge in [-0.25, -0.2) is 0 Å². The predicted molar refractivity (Wildman–Crippen MR) is 51.4 cm³/mol. The number of ether oxygens (including phenoxy) is 1. The lowest BCUT2D eigenvalue weighted by Gasteiger charge is -2.27. The van der Waals surface area contributed by atoms with E-state index in [2.05, 4.69) is 0 Å². The maximum atomic E-state index is 11.4. The largest absolute Gasteiger partial charge is 0.394 e. The van der Waals surface area contributed by atoms with Crippen molar-refractivity contribution in [3.63, 3.8) is 0 Å². The Labute approximate surface area is 88.1 Å². The van der Waals surface area contributed by atoms with Gasteiger partial charge in [-0.1, -0.05) is 0 Å². The first-order valence-corrected chi connectivity index (χ1v) is 4.95. The van der Waals surface area contributed by atoms with Gasteiger partial charge in [-0.15, -0.1) is 0 Å². The van der Waals surface area contributed by atoms with E-state index in [0.717, 1.165) is 0 Å². The van der Waals surface area contributed by atoms with Gasteiger partial charge in [0.05, 0.1) is 26.4 Å². The molecular formula is C9H17NO5. The molecule has 0 radical (unpaired) electrons. The summed E-state index contributed by atoms with van der Waals surface area (Å²) in [4.78, 5) is 13.3. The molecule has 15 heavy (non-hydrogen) atoms. The van der Waals surface area contributed by atoms with Crippen molar-refractivity contribution in [3.8, 4) is 0 Å². The Morgan fingerprint density at radius 3 is 2.47 bits per heavy atom. The molecule has 0 bridgehead atoms. The summed E-state index contributed by atoms with van der Waals surface area (Å²) in [6.07, 6.45) is -2.89. The Balaban J connectivity index is 2.33. The summed E-state index contributed by atoms with van der Waals surface area (Å²) in [5.74, 6) is -0.474. The lowest BCUT2D eigenvalue weighted by molar-refractivity contribution is -0.136. The molecule has 6 heteroatoms. The lowest BCUT2D eigenvalue weighted by atomic mass is 10.1. The van der Waals surface area contributed by atoms with Crippen LogP contribution in [-0.4, -0.2) is 77.7 Å². The molecule has 0 aromatic rings. The van der Waals surface area contributed by atoms with Crippen LogP contribution in [0.3, 0.4) is 0 Å². The summed E-state index contributed by atoms with van der Waals surface area (Å²) in [5, 5.41) is 26.9. The number of hydrogen-bond donors (Lipinski definition) is 3. The SMILES string of the molecule is O=C(CN1CCOCC1)[C@H](O)[C@H](O)CO. The fourth-order valence-corrected chi connectivity index (χ4v) is 1.39. The van der Waals surface area contributed by atoms with E-state index in [4.69, 9.17) is 14.9 Å². The van der Waals surface area contributed by atoms with Crippen LogP contribution in [-0.2, 0) is 9.53 Å². The summed E-state index contributed by atoms with van der Waals surface area (Å²) in [6.45, 7) is 1.91. The Morgan fingerprint density at radius 1 is 1.33 bits per heavy atom. The molecular weight excluding hydrogens is 202 g/mol. The number of rotatable bonds is 5. The van der Waals surface area contributed by atoms with Crippen LogP contribution in [0.2, 0.25) is 0 Å². The van der Waals surface area contributed by atoms with Gasteiger partial charge in [0.2, 0.25) is 0 Å². The smallest absolute Gasteiger partial charge is 0.177 e. The van der Waals surface area contributed by atoms with E-state index in [1.54, 1.807) is 0 Å². The quantitative estimate of drug-likeness (QED) is 0.477. The van der Waals surface area contributed by atoms with Crippen molar-refractivity contribution in [3.05, 3.63) is 0 Å². The highest BCUT2D eigenvalue weighted by molar-refractivity contribution is 5.85. The van der Waals surface area contributed by atoms with Crippen LogP contribution in [0.15, 0.2) is 0 Å². The third kappa shape index (κ3) is 3.84. The van der Waals surface area contributed by atoms with Gasteiger partial charge in [-0.2, -0.15) is 0 Å². The maximum absolute atomic E-state index is 11.4. The van der Waals surface area contributed by atoms with Gasteiger partial charge in [0.15, 0.2) is 5.78 Å². The van der Waals surface area contributed by atoms with Crippen LogP contribution < -0.4 is 0 Å². The lowest BCUT2D eigenvalue weighted by Crippen LogP contribution is -2.45. The maximum Gasteiger partial charge on any atom is 0.177 e. The Kier molecular flexibility index (Phi) is 5.13. The summed E-state index contributed by atoms with van der Waals surface area (Å²) < 4.78 is 5.11. The van der Waals surface area contributed by atoms with E-state index in [9.17, 15) is 9.90 Å². The zero-order valence-corrected chi connectivity index (χ0v) is 8.50. The van der Waals surface area contributed by atoms with Gasteiger partial charge < -0.3 is 20.1 Å². The molecule has 0 spiro atoms. The second-order valence-electron chi connectivity index (χ2n) is 3.55. The second kappa shape index (κ2) is 6.14. The average Bonchev–Trinajstić information content (AvgIpc) is 2.28. The number of aliphatic hydroxyl groups excluding tert-OH is 3. The third-order valence-corrected chi connectivity index (χ3v) is 2.36. The molecule has 0 aromatic heterocycles. The first kappa shape index (κ1) is 12.5. The number of carbonyl (C=O) groups excluding carboxylic acids is 1. The van der Waals surface area contributed by atoms with E-state index in [1.165, 1.54) is 0 Å². The van der Waals surface area contributed by atoms with Crippen molar-refractivity contribution in [2.24, 2.45) is 0 Å². The molecule has 1 fully saturated rings. The van der Waals surface area contributed by atoms with Crippen molar-refractivity contribution in [1.82, 2.24) is 4.90 Å². The number of carbonyl (C=O) groups is 1. The minimum absolute atomic E-state index is 0.0849. The molecule has 0 amide bonds. The van der Waals surface area contributed by atoms with Crippen LogP contribution in [0.1, 0.15) is 0 Å². The Hall–Kier alpha value is -0.530. The van der Waals surface area contributed by atoms with Gasteiger partial charge in [-0.3, -0.25) is 9.69 Å². The number of ketones is 1. The summed E-state index contributed by atoms with van der Waals surface area (Å²) in [5.41, 5.74) is 0. The van der Waals surface area contributed by atoms with Crippen molar-refractivity contribution >= 4 is 5.78 Å². The van der Waals surface area contributed by atoms with E-state index in [1.807, 2.05) is 4.90 Å². The molecule has 88 valence electrons. The highest BCUT2D eigenvalue weighted by Crippen LogP contribution is 2.00. The summed E-state index contributed by atoms with van der Waals surface area (Å²) >= 11 is 0. The van der Waals surface area contributed by atoms with Crippen LogP contribution in [0.25, 0.3) is 0 Å². The highest BCUT2D eigenvalue weighted by Gasteiger charge is 2.25. The van der Waals surface area contributed by atoms with Crippen LogP contribution in [0.5, 0.6) is 0 Å². The fourth-order valence-electron chi connectivity index (χ4n) is 1.39. The molecule has 6 nitrogen and oxygen atoms in total. The van der Waals surface area contributed by atoms with E-state index >= 15 is 0 Å². The van der Waals surface area contributed by atoms with Gasteiger partial charge in [0.25, 0.3) is 0 Å². The molecule has 0 saturated carbocycles. The molecule has 0 aromatic carbocycles. The molecule has 1 aliphatic heterocycles. The molecule has 1 rings (SSSR count). The molecule has 0 unspecified atom stereocenters. The molecule has 1 heterocycles. The summed E-state index contributed by atoms with van der Waals surface area (Å²) in [6, 6.07) is 0. The summed E-state index contributed by atoms with van der Waals surface area (Å²) in [7, 11) is 0. The number of aliphatic hydroxyl groups is 3. The van der Waals surface area contributed by atoms with Crippen LogP contribution in [0.4, 0.5) is 0 Å². The average molecular weight is 219 g/mol. The van der Waals surface area contributed by atoms with Gasteiger partial charge in [0.1, 0.15) is 12.2 Å². The number of Topliss-reactive ketones (excluding diaryl/α,β-unsaturated/α-hetero) is 1. The Bertz CT molecular complexity index is 205. The van der Waals surface area contributed by atoms with Crippen molar-refractivity contribution in [2.45, 2.75) is 12.2 Å². The number of nitrogens with zero attached hydrogens (tertiary/aromatic N) is 1. The van der Waals surface area contributed by atoms with Crippen molar-refractivity contribution in [1.29, 1.82) is 0 Å². The monoisotopic (exact) mass is 219 g/mol. The topological polar surface area (TPSA) is 90.2 Å². The van der Waals surface area contributed by atoms with Crippen LogP contribution >= 0.6 is 0 Å². The molecule has 1 aliphatic rings. The van der Waals surface area contributed by atoms with Gasteiger partial charge >= 0.3 is 0 Å². The van der Waals surface area contributed by atoms with E-state index in [-0.39, 0.29) is 6.54 Å². The van der Waals surface area contributed by atoms with Gasteiger partial charge in [-0.05, 0) is 0 Å². The normalized spacial score (nSPS) is 22.3. The molecule has 0 aliphatic carbocycles. The van der Waals surface area contributed by atoms with E-state index in [0.29, 0.717) is 26.3 Å². The highest BCUT2D eigenvalue weighted by atomic mass is 16.5. The minimum atomic E-state index is -1.50. The number of morpholine rings is 1. The first-order chi connectivity index (χ1) is 7.15. The molecule has 1 saturated heterocycles. The second-order valence-corrected chi connectivity index (χ2v) is 3.55.